The zero-order valence-corrected chi connectivity index (χ0v) is 18.2. The molecular weight excluding hydrogens is 372 g/mol. The van der Waals surface area contributed by atoms with E-state index in [0.29, 0.717) is 5.56 Å². The molecule has 2 heterocycles. The average molecular weight is 401 g/mol. The lowest BCUT2D eigenvalue weighted by atomic mass is 10.1. The van der Waals surface area contributed by atoms with Crippen LogP contribution in [-0.4, -0.2) is 20.3 Å². The Morgan fingerprint density at radius 3 is 2.47 bits per heavy atom. The van der Waals surface area contributed by atoms with Crippen molar-refractivity contribution in [2.45, 2.75) is 40.3 Å². The van der Waals surface area contributed by atoms with Crippen LogP contribution in [0.3, 0.4) is 0 Å². The van der Waals surface area contributed by atoms with Crippen LogP contribution in [0.5, 0.6) is 0 Å². The van der Waals surface area contributed by atoms with Gasteiger partial charge in [-0.05, 0) is 57.0 Å². The Labute approximate surface area is 177 Å². The SMILES string of the molecule is Cc1c(C)n(Cc2ccccc2)c2ccc(C(=O)N[C@@H](C)c3cnn(C)c3C)cc12. The highest BCUT2D eigenvalue weighted by molar-refractivity contribution is 5.99. The first kappa shape index (κ1) is 20.0. The summed E-state index contributed by atoms with van der Waals surface area (Å²) in [6, 6.07) is 16.3. The molecule has 1 atom stereocenters. The van der Waals surface area contributed by atoms with Gasteiger partial charge in [-0.3, -0.25) is 9.48 Å². The van der Waals surface area contributed by atoms with Gasteiger partial charge in [0.25, 0.3) is 5.91 Å². The van der Waals surface area contributed by atoms with E-state index in [1.54, 1.807) is 0 Å². The van der Waals surface area contributed by atoms with E-state index in [-0.39, 0.29) is 11.9 Å². The van der Waals surface area contributed by atoms with Gasteiger partial charge in [0, 0.05) is 47.0 Å². The van der Waals surface area contributed by atoms with Crippen molar-refractivity contribution in [3.8, 4) is 0 Å². The van der Waals surface area contributed by atoms with Crippen LogP contribution >= 0.6 is 0 Å². The number of amides is 1. The van der Waals surface area contributed by atoms with Crippen LogP contribution in [0.4, 0.5) is 0 Å². The molecule has 2 aromatic carbocycles. The van der Waals surface area contributed by atoms with Crippen LogP contribution in [0.1, 0.15) is 51.4 Å². The summed E-state index contributed by atoms with van der Waals surface area (Å²) in [4.78, 5) is 12.9. The summed E-state index contributed by atoms with van der Waals surface area (Å²) < 4.78 is 4.15. The first-order valence-corrected chi connectivity index (χ1v) is 10.3. The number of aryl methyl sites for hydroxylation is 2. The second kappa shape index (κ2) is 7.82. The minimum absolute atomic E-state index is 0.0690. The van der Waals surface area contributed by atoms with Crippen LogP contribution in [0.25, 0.3) is 10.9 Å². The van der Waals surface area contributed by atoms with Gasteiger partial charge in [0.05, 0.1) is 12.2 Å². The van der Waals surface area contributed by atoms with Crippen LogP contribution < -0.4 is 5.32 Å². The highest BCUT2D eigenvalue weighted by Gasteiger charge is 2.18. The fraction of sp³-hybridized carbons (Fsp3) is 0.280. The first-order chi connectivity index (χ1) is 14.4. The maximum absolute atomic E-state index is 12.9. The molecule has 0 spiro atoms. The fourth-order valence-electron chi connectivity index (χ4n) is 4.06. The van der Waals surface area contributed by atoms with E-state index < -0.39 is 0 Å². The van der Waals surface area contributed by atoms with Gasteiger partial charge in [-0.2, -0.15) is 5.10 Å². The molecule has 30 heavy (non-hydrogen) atoms. The Morgan fingerprint density at radius 2 is 1.80 bits per heavy atom. The number of fused-ring (bicyclic) bond motifs is 1. The van der Waals surface area contributed by atoms with Crippen LogP contribution in [-0.2, 0) is 13.6 Å². The van der Waals surface area contributed by atoms with E-state index in [2.05, 4.69) is 59.2 Å². The average Bonchev–Trinajstić information content (AvgIpc) is 3.20. The Hall–Kier alpha value is -3.34. The van der Waals surface area contributed by atoms with Gasteiger partial charge in [0.15, 0.2) is 0 Å². The normalized spacial score (nSPS) is 12.3. The van der Waals surface area contributed by atoms with Crippen molar-refractivity contribution in [1.82, 2.24) is 19.7 Å². The molecule has 0 aliphatic heterocycles. The summed E-state index contributed by atoms with van der Waals surface area (Å²) in [5.41, 5.74) is 7.63. The third kappa shape index (κ3) is 3.52. The maximum Gasteiger partial charge on any atom is 0.251 e. The number of carbonyl (C=O) groups is 1. The quantitative estimate of drug-likeness (QED) is 0.521. The fourth-order valence-corrected chi connectivity index (χ4v) is 4.06. The van der Waals surface area contributed by atoms with Gasteiger partial charge in [-0.1, -0.05) is 30.3 Å². The van der Waals surface area contributed by atoms with Gasteiger partial charge in [0.1, 0.15) is 0 Å². The number of benzene rings is 2. The third-order valence-corrected chi connectivity index (χ3v) is 6.17. The summed E-state index contributed by atoms with van der Waals surface area (Å²) in [6.45, 7) is 9.10. The van der Waals surface area contributed by atoms with Crippen LogP contribution in [0, 0.1) is 20.8 Å². The molecule has 1 amide bonds. The van der Waals surface area contributed by atoms with E-state index in [1.165, 1.54) is 16.8 Å². The van der Waals surface area contributed by atoms with E-state index in [0.717, 1.165) is 28.7 Å². The molecule has 0 bridgehead atoms. The Bertz CT molecular complexity index is 1220. The minimum Gasteiger partial charge on any atom is -0.345 e. The van der Waals surface area contributed by atoms with E-state index >= 15 is 0 Å². The third-order valence-electron chi connectivity index (χ3n) is 6.17. The van der Waals surface area contributed by atoms with Gasteiger partial charge in [-0.15, -0.1) is 0 Å². The van der Waals surface area contributed by atoms with Crippen molar-refractivity contribution in [1.29, 1.82) is 0 Å². The molecule has 4 rings (SSSR count). The first-order valence-electron chi connectivity index (χ1n) is 10.3. The molecule has 0 saturated carbocycles. The number of hydrogen-bond donors (Lipinski definition) is 1. The summed E-state index contributed by atoms with van der Waals surface area (Å²) in [5, 5.41) is 8.52. The topological polar surface area (TPSA) is 51.9 Å². The number of aromatic nitrogens is 3. The van der Waals surface area contributed by atoms with Crippen molar-refractivity contribution in [3.63, 3.8) is 0 Å². The monoisotopic (exact) mass is 400 g/mol. The molecule has 0 aliphatic carbocycles. The molecule has 0 saturated heterocycles. The number of nitrogens with zero attached hydrogens (tertiary/aromatic N) is 3. The number of carbonyl (C=O) groups excluding carboxylic acids is 1. The summed E-state index contributed by atoms with van der Waals surface area (Å²) >= 11 is 0. The minimum atomic E-state index is -0.104. The second-order valence-electron chi connectivity index (χ2n) is 8.02. The number of rotatable bonds is 5. The molecule has 4 aromatic rings. The lowest BCUT2D eigenvalue weighted by molar-refractivity contribution is 0.0940. The predicted molar refractivity (Wildman–Crippen MR) is 121 cm³/mol. The Morgan fingerprint density at radius 1 is 1.07 bits per heavy atom. The number of nitrogens with one attached hydrogen (secondary N) is 1. The van der Waals surface area contributed by atoms with Crippen molar-refractivity contribution in [2.75, 3.05) is 0 Å². The van der Waals surface area contributed by atoms with Crippen molar-refractivity contribution < 1.29 is 4.79 Å². The van der Waals surface area contributed by atoms with Crippen LogP contribution in [0.2, 0.25) is 0 Å². The zero-order chi connectivity index (χ0) is 21.4. The summed E-state index contributed by atoms with van der Waals surface area (Å²) in [5.74, 6) is -0.0690. The van der Waals surface area contributed by atoms with Gasteiger partial charge in [-0.25, -0.2) is 0 Å². The van der Waals surface area contributed by atoms with Crippen molar-refractivity contribution in [3.05, 3.63) is 88.4 Å². The van der Waals surface area contributed by atoms with E-state index in [9.17, 15) is 4.79 Å². The van der Waals surface area contributed by atoms with Crippen molar-refractivity contribution in [2.24, 2.45) is 7.05 Å². The molecule has 5 heteroatoms. The molecule has 2 aromatic heterocycles. The van der Waals surface area contributed by atoms with E-state index in [1.807, 2.05) is 50.0 Å². The molecule has 154 valence electrons. The lowest BCUT2D eigenvalue weighted by Gasteiger charge is -2.14. The molecule has 0 fully saturated rings. The lowest BCUT2D eigenvalue weighted by Crippen LogP contribution is -2.26. The van der Waals surface area contributed by atoms with Crippen molar-refractivity contribution >= 4 is 16.8 Å². The summed E-state index contributed by atoms with van der Waals surface area (Å²) in [6.07, 6.45) is 1.82. The van der Waals surface area contributed by atoms with Gasteiger partial charge in [0.2, 0.25) is 0 Å². The Kier molecular flexibility index (Phi) is 5.20. The second-order valence-corrected chi connectivity index (χ2v) is 8.02. The highest BCUT2D eigenvalue weighted by atomic mass is 16.1. The van der Waals surface area contributed by atoms with E-state index in [4.69, 9.17) is 0 Å². The van der Waals surface area contributed by atoms with Gasteiger partial charge >= 0.3 is 0 Å². The smallest absolute Gasteiger partial charge is 0.251 e. The number of hydrogen-bond acceptors (Lipinski definition) is 2. The maximum atomic E-state index is 12.9. The predicted octanol–water partition coefficient (Wildman–Crippen LogP) is 4.84. The Balaban J connectivity index is 1.62. The standard InChI is InChI=1S/C25H28N4O/c1-16-18(3)29(15-20-9-7-6-8-10-20)24-12-11-21(13-22(16)24)25(30)27-17(2)23-14-26-28(5)19(23)4/h6-14,17H,15H2,1-5H3,(H,27,30)/t17-/m0/s1. The van der Waals surface area contributed by atoms with Gasteiger partial charge < -0.3 is 9.88 Å². The molecule has 5 nitrogen and oxygen atoms in total. The highest BCUT2D eigenvalue weighted by Crippen LogP contribution is 2.27. The molecular formula is C25H28N4O. The largest absolute Gasteiger partial charge is 0.345 e. The zero-order valence-electron chi connectivity index (χ0n) is 18.2. The molecule has 1 N–H and O–H groups in total. The molecule has 0 unspecified atom stereocenters. The molecule has 0 radical (unpaired) electrons. The van der Waals surface area contributed by atoms with Crippen LogP contribution in [0.15, 0.2) is 54.7 Å². The molecule has 0 aliphatic rings. The summed E-state index contributed by atoms with van der Waals surface area (Å²) in [7, 11) is 1.91.